The molecule has 9 heteroatoms. The van der Waals surface area contributed by atoms with Crippen LogP contribution in [0.1, 0.15) is 11.1 Å². The minimum absolute atomic E-state index is 0.114. The molecule has 0 aromatic heterocycles. The van der Waals surface area contributed by atoms with Gasteiger partial charge in [0.25, 0.3) is 0 Å². The monoisotopic (exact) mass is 433 g/mol. The number of halogens is 1. The molecule has 29 heavy (non-hydrogen) atoms. The van der Waals surface area contributed by atoms with Gasteiger partial charge in [0.05, 0.1) is 32.8 Å². The van der Waals surface area contributed by atoms with E-state index in [1.54, 1.807) is 39.7 Å². The van der Waals surface area contributed by atoms with E-state index in [4.69, 9.17) is 25.8 Å². The Bertz CT molecular complexity index is 939. The molecule has 0 aliphatic carbocycles. The lowest BCUT2D eigenvalue weighted by Gasteiger charge is -2.12. The van der Waals surface area contributed by atoms with Crippen molar-refractivity contribution in [1.82, 2.24) is 5.32 Å². The van der Waals surface area contributed by atoms with Crippen LogP contribution in [0.15, 0.2) is 46.6 Å². The smallest absolute Gasteiger partial charge is 0.239 e. The van der Waals surface area contributed by atoms with Gasteiger partial charge in [-0.1, -0.05) is 41.6 Å². The summed E-state index contributed by atoms with van der Waals surface area (Å²) in [6.07, 6.45) is 2.07. The van der Waals surface area contributed by atoms with Crippen molar-refractivity contribution in [3.63, 3.8) is 0 Å². The minimum Gasteiger partial charge on any atom is -0.493 e. The SMILES string of the molecule is COc1cc(C=NN=C2NC(=O)C(Cc3ccccc3Cl)S2)cc(OC)c1OC. The van der Waals surface area contributed by atoms with E-state index in [-0.39, 0.29) is 11.2 Å². The molecule has 1 N–H and O–H groups in total. The zero-order chi connectivity index (χ0) is 20.8. The largest absolute Gasteiger partial charge is 0.493 e. The van der Waals surface area contributed by atoms with Gasteiger partial charge < -0.3 is 19.5 Å². The van der Waals surface area contributed by atoms with Crippen LogP contribution in [-0.4, -0.2) is 43.9 Å². The van der Waals surface area contributed by atoms with Gasteiger partial charge in [-0.2, -0.15) is 5.10 Å². The van der Waals surface area contributed by atoms with E-state index in [0.29, 0.717) is 39.4 Å². The lowest BCUT2D eigenvalue weighted by molar-refractivity contribution is -0.118. The fourth-order valence-electron chi connectivity index (χ4n) is 2.77. The molecule has 0 bridgehead atoms. The number of nitrogens with zero attached hydrogens (tertiary/aromatic N) is 2. The van der Waals surface area contributed by atoms with E-state index in [9.17, 15) is 4.79 Å². The molecular weight excluding hydrogens is 414 g/mol. The first-order valence-electron chi connectivity index (χ1n) is 8.67. The molecule has 0 radical (unpaired) electrons. The van der Waals surface area contributed by atoms with E-state index < -0.39 is 0 Å². The van der Waals surface area contributed by atoms with Gasteiger partial charge in [-0.3, -0.25) is 4.79 Å². The average Bonchev–Trinajstić information content (AvgIpc) is 3.07. The van der Waals surface area contributed by atoms with Crippen molar-refractivity contribution in [3.8, 4) is 17.2 Å². The summed E-state index contributed by atoms with van der Waals surface area (Å²) in [5.41, 5.74) is 1.63. The number of amidine groups is 1. The van der Waals surface area contributed by atoms with Crippen molar-refractivity contribution in [1.29, 1.82) is 0 Å². The Hall–Kier alpha value is -2.71. The van der Waals surface area contributed by atoms with Crippen LogP contribution in [0, 0.1) is 0 Å². The van der Waals surface area contributed by atoms with Gasteiger partial charge >= 0.3 is 0 Å². The van der Waals surface area contributed by atoms with Gasteiger partial charge in [0, 0.05) is 10.6 Å². The lowest BCUT2D eigenvalue weighted by Crippen LogP contribution is -2.26. The van der Waals surface area contributed by atoms with Crippen LogP contribution in [0.2, 0.25) is 5.02 Å². The van der Waals surface area contributed by atoms with Crippen LogP contribution in [0.25, 0.3) is 0 Å². The summed E-state index contributed by atoms with van der Waals surface area (Å²) in [7, 11) is 4.63. The van der Waals surface area contributed by atoms with Gasteiger partial charge in [0.1, 0.15) is 0 Å². The molecule has 2 aromatic carbocycles. The van der Waals surface area contributed by atoms with Crippen LogP contribution < -0.4 is 19.5 Å². The number of ether oxygens (including phenoxy) is 3. The minimum atomic E-state index is -0.301. The maximum atomic E-state index is 12.2. The fraction of sp³-hybridized carbons (Fsp3) is 0.250. The number of hydrogen-bond acceptors (Lipinski definition) is 7. The molecule has 1 aliphatic heterocycles. The Balaban J connectivity index is 1.71. The Kier molecular flexibility index (Phi) is 7.00. The van der Waals surface area contributed by atoms with Crippen LogP contribution in [-0.2, 0) is 11.2 Å². The third-order valence-electron chi connectivity index (χ3n) is 4.18. The first-order chi connectivity index (χ1) is 14.0. The van der Waals surface area contributed by atoms with E-state index in [0.717, 1.165) is 5.56 Å². The van der Waals surface area contributed by atoms with Crippen LogP contribution in [0.4, 0.5) is 0 Å². The summed E-state index contributed by atoms with van der Waals surface area (Å²) in [5.74, 6) is 1.42. The zero-order valence-corrected chi connectivity index (χ0v) is 17.7. The normalized spacial score (nSPS) is 17.6. The predicted molar refractivity (Wildman–Crippen MR) is 116 cm³/mol. The molecule has 152 valence electrons. The molecule has 1 amide bonds. The molecule has 1 fully saturated rings. The molecule has 1 heterocycles. The van der Waals surface area contributed by atoms with Crippen molar-refractivity contribution in [2.24, 2.45) is 10.2 Å². The van der Waals surface area contributed by atoms with E-state index in [1.807, 2.05) is 24.3 Å². The van der Waals surface area contributed by atoms with E-state index in [2.05, 4.69) is 15.5 Å². The highest BCUT2D eigenvalue weighted by Crippen LogP contribution is 2.37. The second-order valence-corrected chi connectivity index (χ2v) is 7.60. The fourth-order valence-corrected chi connectivity index (χ4v) is 3.94. The molecular formula is C20H20ClN3O4S. The van der Waals surface area contributed by atoms with E-state index in [1.165, 1.54) is 11.8 Å². The lowest BCUT2D eigenvalue weighted by atomic mass is 10.1. The summed E-state index contributed by atoms with van der Waals surface area (Å²) >= 11 is 7.51. The molecule has 1 saturated heterocycles. The van der Waals surface area contributed by atoms with Crippen molar-refractivity contribution >= 4 is 40.7 Å². The molecule has 0 spiro atoms. The number of carbonyl (C=O) groups excluding carboxylic acids is 1. The third-order valence-corrected chi connectivity index (χ3v) is 5.62. The number of thioether (sulfide) groups is 1. The number of nitrogens with one attached hydrogen (secondary N) is 1. The first kappa shape index (κ1) is 21.0. The maximum Gasteiger partial charge on any atom is 0.239 e. The average molecular weight is 434 g/mol. The molecule has 7 nitrogen and oxygen atoms in total. The Morgan fingerprint density at radius 1 is 1.14 bits per heavy atom. The van der Waals surface area contributed by atoms with Crippen molar-refractivity contribution < 1.29 is 19.0 Å². The van der Waals surface area contributed by atoms with Crippen LogP contribution >= 0.6 is 23.4 Å². The number of amides is 1. The molecule has 1 atom stereocenters. The molecule has 0 saturated carbocycles. The number of benzene rings is 2. The predicted octanol–water partition coefficient (Wildman–Crippen LogP) is 3.53. The standard InChI is InChI=1S/C20H20ClN3O4S/c1-26-15-8-12(9-16(27-2)18(15)28-3)11-22-24-20-23-19(25)17(29-20)10-13-6-4-5-7-14(13)21/h4-9,11,17H,10H2,1-3H3,(H,23,24,25). The first-order valence-corrected chi connectivity index (χ1v) is 9.93. The summed E-state index contributed by atoms with van der Waals surface area (Å²) in [6, 6.07) is 11.0. The Morgan fingerprint density at radius 2 is 1.83 bits per heavy atom. The van der Waals surface area contributed by atoms with Crippen molar-refractivity contribution in [2.75, 3.05) is 21.3 Å². The second kappa shape index (κ2) is 9.67. The second-order valence-electron chi connectivity index (χ2n) is 6.00. The highest BCUT2D eigenvalue weighted by atomic mass is 35.5. The number of rotatable bonds is 7. The summed E-state index contributed by atoms with van der Waals surface area (Å²) in [6.45, 7) is 0. The number of methoxy groups -OCH3 is 3. The molecule has 1 aliphatic rings. The Morgan fingerprint density at radius 3 is 2.45 bits per heavy atom. The summed E-state index contributed by atoms with van der Waals surface area (Å²) in [5, 5.41) is 11.7. The maximum absolute atomic E-state index is 12.2. The summed E-state index contributed by atoms with van der Waals surface area (Å²) in [4.78, 5) is 12.2. The number of carbonyl (C=O) groups is 1. The molecule has 1 unspecified atom stereocenters. The van der Waals surface area contributed by atoms with Crippen LogP contribution in [0.3, 0.4) is 0 Å². The van der Waals surface area contributed by atoms with Crippen molar-refractivity contribution in [2.45, 2.75) is 11.7 Å². The van der Waals surface area contributed by atoms with Gasteiger partial charge in [0.15, 0.2) is 16.7 Å². The third kappa shape index (κ3) is 5.02. The van der Waals surface area contributed by atoms with Gasteiger partial charge in [-0.25, -0.2) is 0 Å². The quantitative estimate of drug-likeness (QED) is 0.533. The van der Waals surface area contributed by atoms with Gasteiger partial charge in [-0.05, 0) is 30.2 Å². The van der Waals surface area contributed by atoms with Crippen molar-refractivity contribution in [3.05, 3.63) is 52.5 Å². The van der Waals surface area contributed by atoms with Gasteiger partial charge in [0.2, 0.25) is 11.7 Å². The van der Waals surface area contributed by atoms with Crippen LogP contribution in [0.5, 0.6) is 17.2 Å². The zero-order valence-electron chi connectivity index (χ0n) is 16.1. The number of hydrogen-bond donors (Lipinski definition) is 1. The topological polar surface area (TPSA) is 81.5 Å². The highest BCUT2D eigenvalue weighted by Gasteiger charge is 2.30. The van der Waals surface area contributed by atoms with Gasteiger partial charge in [-0.15, -0.1) is 5.10 Å². The molecule has 3 rings (SSSR count). The molecule has 2 aromatic rings. The summed E-state index contributed by atoms with van der Waals surface area (Å²) < 4.78 is 15.9. The Labute approximate surface area is 178 Å². The highest BCUT2D eigenvalue weighted by molar-refractivity contribution is 8.15. The van der Waals surface area contributed by atoms with E-state index >= 15 is 0 Å².